The highest BCUT2D eigenvalue weighted by atomic mass is 15.0. The Labute approximate surface area is 83.7 Å². The molecule has 3 heteroatoms. The van der Waals surface area contributed by atoms with Crippen LogP contribution in [0.4, 0.5) is 5.69 Å². The maximum Gasteiger partial charge on any atom is 0.101 e. The maximum atomic E-state index is 8.89. The molecule has 1 atom stereocenters. The van der Waals surface area contributed by atoms with E-state index in [9.17, 15) is 0 Å². The highest BCUT2D eigenvalue weighted by Gasteiger charge is 2.14. The normalized spacial score (nSPS) is 20.4. The number of benzene rings is 1. The van der Waals surface area contributed by atoms with Crippen molar-refractivity contribution in [3.8, 4) is 6.07 Å². The fourth-order valence-electron chi connectivity index (χ4n) is 1.70. The molecule has 1 aliphatic rings. The standard InChI is InChI=1S/C11H13N3/c12-7-9-3-1-2-4-11(9)14-10-5-6-13-8-10/h1-4,10,13-14H,5-6,8H2. The first-order valence-corrected chi connectivity index (χ1v) is 4.86. The van der Waals surface area contributed by atoms with Gasteiger partial charge in [-0.15, -0.1) is 0 Å². The van der Waals surface area contributed by atoms with Crippen LogP contribution < -0.4 is 10.6 Å². The molecule has 1 unspecified atom stereocenters. The molecule has 1 heterocycles. The quantitative estimate of drug-likeness (QED) is 0.734. The van der Waals surface area contributed by atoms with Crippen LogP contribution in [0.5, 0.6) is 0 Å². The van der Waals surface area contributed by atoms with Gasteiger partial charge in [0, 0.05) is 12.6 Å². The number of nitrogens with zero attached hydrogens (tertiary/aromatic N) is 1. The molecule has 1 aromatic rings. The third-order valence-corrected chi connectivity index (χ3v) is 2.47. The molecule has 1 aromatic carbocycles. The lowest BCUT2D eigenvalue weighted by Gasteiger charge is -2.13. The molecule has 0 aliphatic carbocycles. The van der Waals surface area contributed by atoms with Crippen molar-refractivity contribution in [2.24, 2.45) is 0 Å². The van der Waals surface area contributed by atoms with Gasteiger partial charge in [-0.05, 0) is 25.1 Å². The molecule has 0 spiro atoms. The summed E-state index contributed by atoms with van der Waals surface area (Å²) < 4.78 is 0. The van der Waals surface area contributed by atoms with Gasteiger partial charge >= 0.3 is 0 Å². The van der Waals surface area contributed by atoms with Gasteiger partial charge in [0.05, 0.1) is 11.3 Å². The zero-order valence-electron chi connectivity index (χ0n) is 7.96. The number of para-hydroxylation sites is 1. The first-order chi connectivity index (χ1) is 6.90. The van der Waals surface area contributed by atoms with Gasteiger partial charge in [0.15, 0.2) is 0 Å². The van der Waals surface area contributed by atoms with Crippen molar-refractivity contribution in [2.75, 3.05) is 18.4 Å². The highest BCUT2D eigenvalue weighted by molar-refractivity contribution is 5.57. The summed E-state index contributed by atoms with van der Waals surface area (Å²) in [6.45, 7) is 2.05. The third kappa shape index (κ3) is 1.86. The Hall–Kier alpha value is -1.53. The summed E-state index contributed by atoms with van der Waals surface area (Å²) in [6.07, 6.45) is 1.12. The minimum atomic E-state index is 0.462. The lowest BCUT2D eigenvalue weighted by atomic mass is 10.1. The van der Waals surface area contributed by atoms with Gasteiger partial charge in [-0.25, -0.2) is 0 Å². The molecule has 1 saturated heterocycles. The van der Waals surface area contributed by atoms with Gasteiger partial charge in [-0.2, -0.15) is 5.26 Å². The number of nitriles is 1. The van der Waals surface area contributed by atoms with Gasteiger partial charge in [0.2, 0.25) is 0 Å². The van der Waals surface area contributed by atoms with Crippen LogP contribution in [0.2, 0.25) is 0 Å². The summed E-state index contributed by atoms with van der Waals surface area (Å²) in [4.78, 5) is 0. The average molecular weight is 187 g/mol. The molecule has 0 radical (unpaired) electrons. The van der Waals surface area contributed by atoms with Crippen LogP contribution in [0.25, 0.3) is 0 Å². The second-order valence-electron chi connectivity index (χ2n) is 3.49. The van der Waals surface area contributed by atoms with E-state index in [0.717, 1.165) is 30.8 Å². The van der Waals surface area contributed by atoms with Gasteiger partial charge < -0.3 is 10.6 Å². The van der Waals surface area contributed by atoms with E-state index in [1.54, 1.807) is 0 Å². The zero-order valence-corrected chi connectivity index (χ0v) is 7.96. The van der Waals surface area contributed by atoms with Crippen LogP contribution in [-0.2, 0) is 0 Å². The SMILES string of the molecule is N#Cc1ccccc1NC1CCNC1. The Kier molecular flexibility index (Phi) is 2.66. The van der Waals surface area contributed by atoms with E-state index in [4.69, 9.17) is 5.26 Å². The van der Waals surface area contributed by atoms with Gasteiger partial charge in [0.25, 0.3) is 0 Å². The minimum absolute atomic E-state index is 0.462. The summed E-state index contributed by atoms with van der Waals surface area (Å²) in [5.41, 5.74) is 1.67. The largest absolute Gasteiger partial charge is 0.380 e. The van der Waals surface area contributed by atoms with E-state index in [-0.39, 0.29) is 0 Å². The van der Waals surface area contributed by atoms with Crippen LogP contribution in [0.3, 0.4) is 0 Å². The van der Waals surface area contributed by atoms with Crippen LogP contribution in [-0.4, -0.2) is 19.1 Å². The number of hydrogen-bond donors (Lipinski definition) is 2. The fourth-order valence-corrected chi connectivity index (χ4v) is 1.70. The summed E-state index contributed by atoms with van der Waals surface area (Å²) in [6, 6.07) is 10.3. The lowest BCUT2D eigenvalue weighted by molar-refractivity contribution is 0.793. The summed E-state index contributed by atoms with van der Waals surface area (Å²) in [5.74, 6) is 0. The molecule has 1 fully saturated rings. The monoisotopic (exact) mass is 187 g/mol. The fraction of sp³-hybridized carbons (Fsp3) is 0.364. The molecule has 2 rings (SSSR count). The molecule has 2 N–H and O–H groups in total. The van der Waals surface area contributed by atoms with Gasteiger partial charge in [-0.3, -0.25) is 0 Å². The Bertz CT molecular complexity index is 348. The van der Waals surface area contributed by atoms with Crippen molar-refractivity contribution >= 4 is 5.69 Å². The lowest BCUT2D eigenvalue weighted by Crippen LogP contribution is -2.22. The summed E-state index contributed by atoms with van der Waals surface area (Å²) >= 11 is 0. The van der Waals surface area contributed by atoms with Crippen molar-refractivity contribution in [3.05, 3.63) is 29.8 Å². The Morgan fingerprint density at radius 3 is 3.00 bits per heavy atom. The van der Waals surface area contributed by atoms with Crippen LogP contribution >= 0.6 is 0 Å². The molecule has 0 amide bonds. The molecule has 14 heavy (non-hydrogen) atoms. The zero-order chi connectivity index (χ0) is 9.80. The number of anilines is 1. The average Bonchev–Trinajstić information content (AvgIpc) is 2.71. The van der Waals surface area contributed by atoms with E-state index >= 15 is 0 Å². The first kappa shape index (κ1) is 9.04. The predicted molar refractivity (Wildman–Crippen MR) is 56.1 cm³/mol. The third-order valence-electron chi connectivity index (χ3n) is 2.47. The van der Waals surface area contributed by atoms with Crippen molar-refractivity contribution in [1.82, 2.24) is 5.32 Å². The Morgan fingerprint density at radius 1 is 1.43 bits per heavy atom. The highest BCUT2D eigenvalue weighted by Crippen LogP contribution is 2.16. The summed E-state index contributed by atoms with van der Waals surface area (Å²) in [7, 11) is 0. The predicted octanol–water partition coefficient (Wildman–Crippen LogP) is 1.33. The Balaban J connectivity index is 2.11. The van der Waals surface area contributed by atoms with Crippen LogP contribution in [0, 0.1) is 11.3 Å². The topological polar surface area (TPSA) is 47.9 Å². The number of nitrogens with one attached hydrogen (secondary N) is 2. The van der Waals surface area contributed by atoms with E-state index in [1.807, 2.05) is 24.3 Å². The maximum absolute atomic E-state index is 8.89. The second kappa shape index (κ2) is 4.12. The molecular formula is C11H13N3. The van der Waals surface area contributed by atoms with Crippen molar-refractivity contribution in [1.29, 1.82) is 5.26 Å². The molecule has 0 saturated carbocycles. The molecule has 72 valence electrons. The Morgan fingerprint density at radius 2 is 2.29 bits per heavy atom. The van der Waals surface area contributed by atoms with E-state index in [1.165, 1.54) is 0 Å². The van der Waals surface area contributed by atoms with Gasteiger partial charge in [-0.1, -0.05) is 12.1 Å². The van der Waals surface area contributed by atoms with Crippen LogP contribution in [0.1, 0.15) is 12.0 Å². The summed E-state index contributed by atoms with van der Waals surface area (Å²) in [5, 5.41) is 15.5. The van der Waals surface area contributed by atoms with Gasteiger partial charge in [0.1, 0.15) is 6.07 Å². The van der Waals surface area contributed by atoms with Crippen molar-refractivity contribution in [3.63, 3.8) is 0 Å². The number of hydrogen-bond acceptors (Lipinski definition) is 3. The molecular weight excluding hydrogens is 174 g/mol. The molecule has 0 aromatic heterocycles. The van der Waals surface area contributed by atoms with E-state index < -0.39 is 0 Å². The first-order valence-electron chi connectivity index (χ1n) is 4.86. The van der Waals surface area contributed by atoms with E-state index in [0.29, 0.717) is 6.04 Å². The van der Waals surface area contributed by atoms with Crippen LogP contribution in [0.15, 0.2) is 24.3 Å². The molecule has 1 aliphatic heterocycles. The number of rotatable bonds is 2. The molecule has 3 nitrogen and oxygen atoms in total. The smallest absolute Gasteiger partial charge is 0.101 e. The second-order valence-corrected chi connectivity index (χ2v) is 3.49. The van der Waals surface area contributed by atoms with E-state index in [2.05, 4.69) is 16.7 Å². The minimum Gasteiger partial charge on any atom is -0.380 e. The van der Waals surface area contributed by atoms with Crippen molar-refractivity contribution < 1.29 is 0 Å². The molecule has 0 bridgehead atoms. The van der Waals surface area contributed by atoms with Crippen molar-refractivity contribution in [2.45, 2.75) is 12.5 Å².